The molecule has 29 heavy (non-hydrogen) atoms. The molecule has 0 aliphatic heterocycles. The lowest BCUT2D eigenvalue weighted by atomic mass is 10.0. The monoisotopic (exact) mass is 386 g/mol. The first-order valence-corrected chi connectivity index (χ1v) is 9.94. The van der Waals surface area contributed by atoms with Crippen molar-refractivity contribution in [1.29, 1.82) is 0 Å². The van der Waals surface area contributed by atoms with E-state index in [4.69, 9.17) is 0 Å². The summed E-state index contributed by atoms with van der Waals surface area (Å²) in [5, 5.41) is 0. The van der Waals surface area contributed by atoms with Crippen molar-refractivity contribution in [2.75, 3.05) is 33.1 Å². The molecule has 4 nitrogen and oxygen atoms in total. The van der Waals surface area contributed by atoms with Gasteiger partial charge in [-0.3, -0.25) is 0 Å². The maximum absolute atomic E-state index is 4.46. The predicted molar refractivity (Wildman–Crippen MR) is 125 cm³/mol. The summed E-state index contributed by atoms with van der Waals surface area (Å²) in [6.07, 6.45) is 17.7. The molecule has 0 amide bonds. The molecule has 1 aliphatic rings. The third kappa shape index (κ3) is 5.52. The van der Waals surface area contributed by atoms with Gasteiger partial charge in [0.25, 0.3) is 0 Å². The van der Waals surface area contributed by atoms with E-state index in [0.29, 0.717) is 6.04 Å². The minimum absolute atomic E-state index is 0.483. The van der Waals surface area contributed by atoms with Gasteiger partial charge in [0.15, 0.2) is 0 Å². The molecule has 4 heteroatoms. The average molecular weight is 387 g/mol. The summed E-state index contributed by atoms with van der Waals surface area (Å²) in [6, 6.07) is 8.95. The fraction of sp³-hybridized carbons (Fsp3) is 0.280. The maximum atomic E-state index is 4.46. The van der Waals surface area contributed by atoms with Crippen LogP contribution in [0.15, 0.2) is 60.5 Å². The number of hydrogen-bond donors (Lipinski definition) is 0. The minimum Gasteiger partial charge on any atom is -0.378 e. The van der Waals surface area contributed by atoms with Gasteiger partial charge in [0, 0.05) is 31.4 Å². The fourth-order valence-electron chi connectivity index (χ4n) is 3.18. The number of anilines is 1. The zero-order chi connectivity index (χ0) is 20.8. The van der Waals surface area contributed by atoms with E-state index in [-0.39, 0.29) is 0 Å². The second kappa shape index (κ2) is 9.48. The Hall–Kier alpha value is -2.98. The number of likely N-dealkylation sites (N-methyl/N-ethyl adjacent to an activating group) is 1. The Morgan fingerprint density at radius 3 is 2.10 bits per heavy atom. The van der Waals surface area contributed by atoms with Crippen LogP contribution in [0.25, 0.3) is 18.2 Å². The standard InChI is InChI=1S/C25H30N4/c1-19-24(16-10-20-6-12-22(13-7-20)28(2)3)26-18-27-25(19)17-11-21-8-14-23(15-9-21)29(4)5/h6-14,16-18,23H,15H2,1-5H3/b16-10+,17-11+. The Kier molecular flexibility index (Phi) is 6.78. The van der Waals surface area contributed by atoms with Crippen LogP contribution in [0.2, 0.25) is 0 Å². The molecule has 150 valence electrons. The van der Waals surface area contributed by atoms with Gasteiger partial charge in [-0.15, -0.1) is 0 Å². The van der Waals surface area contributed by atoms with Crippen molar-refractivity contribution in [3.8, 4) is 0 Å². The Labute approximate surface area is 174 Å². The Morgan fingerprint density at radius 1 is 0.897 bits per heavy atom. The van der Waals surface area contributed by atoms with Crippen molar-refractivity contribution in [1.82, 2.24) is 14.9 Å². The molecule has 0 spiro atoms. The second-order valence-corrected chi connectivity index (χ2v) is 7.75. The van der Waals surface area contributed by atoms with Gasteiger partial charge in [-0.05, 0) is 62.9 Å². The van der Waals surface area contributed by atoms with E-state index in [2.05, 4.69) is 108 Å². The molecule has 1 aliphatic carbocycles. The molecule has 1 unspecified atom stereocenters. The van der Waals surface area contributed by atoms with Crippen molar-refractivity contribution in [2.45, 2.75) is 19.4 Å². The van der Waals surface area contributed by atoms with Crippen molar-refractivity contribution < 1.29 is 0 Å². The van der Waals surface area contributed by atoms with Gasteiger partial charge in [-0.25, -0.2) is 9.97 Å². The zero-order valence-corrected chi connectivity index (χ0v) is 18.0. The van der Waals surface area contributed by atoms with E-state index in [0.717, 1.165) is 28.9 Å². The van der Waals surface area contributed by atoms with Crippen LogP contribution >= 0.6 is 0 Å². The molecule has 0 fully saturated rings. The van der Waals surface area contributed by atoms with Crippen LogP contribution in [0, 0.1) is 6.92 Å². The summed E-state index contributed by atoms with van der Waals surface area (Å²) in [5.41, 5.74) is 6.54. The maximum Gasteiger partial charge on any atom is 0.116 e. The van der Waals surface area contributed by atoms with Crippen LogP contribution in [0.4, 0.5) is 5.69 Å². The molecule has 1 atom stereocenters. The Morgan fingerprint density at radius 2 is 1.55 bits per heavy atom. The van der Waals surface area contributed by atoms with Crippen LogP contribution < -0.4 is 4.90 Å². The lowest BCUT2D eigenvalue weighted by Gasteiger charge is -2.22. The topological polar surface area (TPSA) is 32.3 Å². The van der Waals surface area contributed by atoms with Crippen LogP contribution in [-0.4, -0.2) is 49.1 Å². The van der Waals surface area contributed by atoms with Crippen LogP contribution in [-0.2, 0) is 0 Å². The van der Waals surface area contributed by atoms with E-state index >= 15 is 0 Å². The van der Waals surface area contributed by atoms with Gasteiger partial charge in [-0.2, -0.15) is 0 Å². The van der Waals surface area contributed by atoms with E-state index < -0.39 is 0 Å². The average Bonchev–Trinajstić information content (AvgIpc) is 2.72. The number of aromatic nitrogens is 2. The molecule has 0 saturated carbocycles. The molecule has 0 radical (unpaired) electrons. The zero-order valence-electron chi connectivity index (χ0n) is 18.0. The predicted octanol–water partition coefficient (Wildman–Crippen LogP) is 4.85. The smallest absolute Gasteiger partial charge is 0.116 e. The van der Waals surface area contributed by atoms with Crippen LogP contribution in [0.5, 0.6) is 0 Å². The highest BCUT2D eigenvalue weighted by Crippen LogP contribution is 2.19. The van der Waals surface area contributed by atoms with Crippen molar-refractivity contribution >= 4 is 23.9 Å². The molecular weight excluding hydrogens is 356 g/mol. The number of hydrogen-bond acceptors (Lipinski definition) is 4. The van der Waals surface area contributed by atoms with Gasteiger partial charge >= 0.3 is 0 Å². The highest BCUT2D eigenvalue weighted by Gasteiger charge is 2.09. The second-order valence-electron chi connectivity index (χ2n) is 7.75. The van der Waals surface area contributed by atoms with Crippen molar-refractivity contribution in [3.63, 3.8) is 0 Å². The molecule has 1 heterocycles. The first-order valence-electron chi connectivity index (χ1n) is 9.94. The number of allylic oxidation sites excluding steroid dienone is 3. The van der Waals surface area contributed by atoms with Crippen LogP contribution in [0.1, 0.15) is 28.9 Å². The van der Waals surface area contributed by atoms with E-state index in [1.54, 1.807) is 6.33 Å². The third-order valence-corrected chi connectivity index (χ3v) is 5.21. The first kappa shape index (κ1) is 20.7. The highest BCUT2D eigenvalue weighted by molar-refractivity contribution is 5.71. The molecule has 1 aromatic carbocycles. The Balaban J connectivity index is 1.72. The molecular formula is C25H30N4. The van der Waals surface area contributed by atoms with Gasteiger partial charge < -0.3 is 9.80 Å². The number of benzene rings is 1. The molecule has 2 aromatic rings. The summed E-state index contributed by atoms with van der Waals surface area (Å²) < 4.78 is 0. The molecule has 1 aromatic heterocycles. The molecule has 0 saturated heterocycles. The number of nitrogens with zero attached hydrogens (tertiary/aromatic N) is 4. The summed E-state index contributed by atoms with van der Waals surface area (Å²) in [7, 11) is 8.31. The summed E-state index contributed by atoms with van der Waals surface area (Å²) >= 11 is 0. The van der Waals surface area contributed by atoms with Gasteiger partial charge in [0.2, 0.25) is 0 Å². The minimum atomic E-state index is 0.483. The quantitative estimate of drug-likeness (QED) is 0.710. The lowest BCUT2D eigenvalue weighted by Crippen LogP contribution is -2.26. The largest absolute Gasteiger partial charge is 0.378 e. The first-order chi connectivity index (χ1) is 13.9. The summed E-state index contributed by atoms with van der Waals surface area (Å²) in [4.78, 5) is 13.2. The Bertz CT molecular complexity index is 947. The van der Waals surface area contributed by atoms with Crippen molar-refractivity contribution in [3.05, 3.63) is 83.0 Å². The van der Waals surface area contributed by atoms with Crippen molar-refractivity contribution in [2.24, 2.45) is 0 Å². The van der Waals surface area contributed by atoms with Gasteiger partial charge in [-0.1, -0.05) is 42.5 Å². The summed E-state index contributed by atoms with van der Waals surface area (Å²) in [5.74, 6) is 0. The molecule has 0 N–H and O–H groups in total. The normalized spacial score (nSPS) is 16.8. The molecule has 3 rings (SSSR count). The third-order valence-electron chi connectivity index (χ3n) is 5.21. The fourth-order valence-corrected chi connectivity index (χ4v) is 3.18. The lowest BCUT2D eigenvalue weighted by molar-refractivity contribution is 0.343. The highest BCUT2D eigenvalue weighted by atomic mass is 15.1. The van der Waals surface area contributed by atoms with Gasteiger partial charge in [0.05, 0.1) is 11.4 Å². The van der Waals surface area contributed by atoms with E-state index in [9.17, 15) is 0 Å². The van der Waals surface area contributed by atoms with Crippen LogP contribution in [0.3, 0.4) is 0 Å². The molecule has 0 bridgehead atoms. The van der Waals surface area contributed by atoms with Gasteiger partial charge in [0.1, 0.15) is 6.33 Å². The van der Waals surface area contributed by atoms with E-state index in [1.807, 2.05) is 14.1 Å². The summed E-state index contributed by atoms with van der Waals surface area (Å²) in [6.45, 7) is 2.07. The number of rotatable bonds is 6. The SMILES string of the molecule is Cc1c(/C=C/C2=CCC(N(C)C)C=C2)ncnc1/C=C/c1ccc(N(C)C)cc1. The van der Waals surface area contributed by atoms with E-state index in [1.165, 1.54) is 11.3 Å².